The summed E-state index contributed by atoms with van der Waals surface area (Å²) in [4.78, 5) is 4.20. The van der Waals surface area contributed by atoms with Crippen molar-refractivity contribution >= 4 is 9.84 Å². The highest BCUT2D eigenvalue weighted by Gasteiger charge is 2.32. The number of imidazole rings is 1. The lowest BCUT2D eigenvalue weighted by Crippen LogP contribution is -2.33. The predicted molar refractivity (Wildman–Crippen MR) is 61.6 cm³/mol. The molecule has 2 atom stereocenters. The molecule has 6 heteroatoms. The molecule has 0 aromatic carbocycles. The van der Waals surface area contributed by atoms with Crippen LogP contribution in [0.3, 0.4) is 0 Å². The van der Waals surface area contributed by atoms with Gasteiger partial charge in [-0.2, -0.15) is 0 Å². The number of aromatic nitrogens is 2. The van der Waals surface area contributed by atoms with Crippen molar-refractivity contribution in [1.29, 1.82) is 0 Å². The zero-order valence-corrected chi connectivity index (χ0v) is 10.2. The maximum absolute atomic E-state index is 11.3. The quantitative estimate of drug-likeness (QED) is 0.792. The molecule has 0 saturated carbocycles. The largest absolute Gasteiger partial charge is 0.338 e. The molecule has 2 rings (SSSR count). The summed E-state index contributed by atoms with van der Waals surface area (Å²) >= 11 is 0. The molecule has 1 aliphatic heterocycles. The van der Waals surface area contributed by atoms with Gasteiger partial charge in [0, 0.05) is 31.9 Å². The molecule has 2 unspecified atom stereocenters. The maximum Gasteiger partial charge on any atom is 0.150 e. The Morgan fingerprint density at radius 1 is 1.69 bits per heavy atom. The molecule has 90 valence electrons. The fraction of sp³-hybridized carbons (Fsp3) is 0.700. The summed E-state index contributed by atoms with van der Waals surface area (Å²) in [6.45, 7) is 0. The van der Waals surface area contributed by atoms with Gasteiger partial charge in [-0.15, -0.1) is 0 Å². The molecular formula is C10H17N3O2S. The Bertz CT molecular complexity index is 466. The third-order valence-electron chi connectivity index (χ3n) is 3.21. The van der Waals surface area contributed by atoms with Crippen molar-refractivity contribution in [3.8, 4) is 0 Å². The van der Waals surface area contributed by atoms with E-state index in [4.69, 9.17) is 5.73 Å². The molecular weight excluding hydrogens is 226 g/mol. The van der Waals surface area contributed by atoms with Crippen LogP contribution in [0.4, 0.5) is 0 Å². The molecule has 1 aliphatic rings. The van der Waals surface area contributed by atoms with Crippen LogP contribution in [-0.4, -0.2) is 35.5 Å². The zero-order valence-electron chi connectivity index (χ0n) is 9.33. The van der Waals surface area contributed by atoms with Crippen LogP contribution in [0.5, 0.6) is 0 Å². The van der Waals surface area contributed by atoms with Gasteiger partial charge in [-0.1, -0.05) is 0 Å². The highest BCUT2D eigenvalue weighted by atomic mass is 32.2. The molecule has 5 nitrogen and oxygen atoms in total. The second kappa shape index (κ2) is 4.18. The number of nitrogens with two attached hydrogens (primary N) is 1. The van der Waals surface area contributed by atoms with E-state index in [-0.39, 0.29) is 23.5 Å². The van der Waals surface area contributed by atoms with Gasteiger partial charge in [0.25, 0.3) is 0 Å². The number of hydrogen-bond acceptors (Lipinski definition) is 4. The third-order valence-corrected chi connectivity index (χ3v) is 5.01. The molecule has 0 radical (unpaired) electrons. The predicted octanol–water partition coefficient (Wildman–Crippen LogP) is -0.275. The van der Waals surface area contributed by atoms with E-state index in [2.05, 4.69) is 4.98 Å². The summed E-state index contributed by atoms with van der Waals surface area (Å²) < 4.78 is 24.6. The Balaban J connectivity index is 2.00. The lowest BCUT2D eigenvalue weighted by atomic mass is 9.97. The van der Waals surface area contributed by atoms with E-state index in [0.29, 0.717) is 12.8 Å². The minimum Gasteiger partial charge on any atom is -0.338 e. The standard InChI is InChI=1S/C10H17N3O2S/c1-13-4-3-12-10(13)6-9(11)8-2-5-16(14,15)7-8/h3-4,8-9H,2,5-7,11H2,1H3. The molecule has 0 amide bonds. The van der Waals surface area contributed by atoms with Crippen LogP contribution in [0.15, 0.2) is 12.4 Å². The fourth-order valence-electron chi connectivity index (χ4n) is 2.13. The summed E-state index contributed by atoms with van der Waals surface area (Å²) in [7, 11) is -0.920. The average Bonchev–Trinajstić information content (AvgIpc) is 2.74. The molecule has 16 heavy (non-hydrogen) atoms. The number of sulfone groups is 1. The molecule has 0 spiro atoms. The van der Waals surface area contributed by atoms with Gasteiger partial charge < -0.3 is 10.3 Å². The fourth-order valence-corrected chi connectivity index (χ4v) is 4.03. The third kappa shape index (κ3) is 2.44. The van der Waals surface area contributed by atoms with Gasteiger partial charge >= 0.3 is 0 Å². The van der Waals surface area contributed by atoms with Gasteiger partial charge in [-0.25, -0.2) is 13.4 Å². The summed E-state index contributed by atoms with van der Waals surface area (Å²) in [5, 5.41) is 0. The van der Waals surface area contributed by atoms with Crippen LogP contribution in [0.1, 0.15) is 12.2 Å². The minimum absolute atomic E-state index is 0.0849. The van der Waals surface area contributed by atoms with Gasteiger partial charge in [-0.3, -0.25) is 0 Å². The van der Waals surface area contributed by atoms with Crippen LogP contribution in [0.25, 0.3) is 0 Å². The molecule has 1 saturated heterocycles. The van der Waals surface area contributed by atoms with Crippen LogP contribution >= 0.6 is 0 Å². The van der Waals surface area contributed by atoms with Crippen LogP contribution in [0, 0.1) is 5.92 Å². The number of nitrogens with zero attached hydrogens (tertiary/aromatic N) is 2. The monoisotopic (exact) mass is 243 g/mol. The second-order valence-corrected chi connectivity index (χ2v) is 6.71. The Kier molecular flexibility index (Phi) is 3.03. The van der Waals surface area contributed by atoms with Crippen molar-refractivity contribution in [2.45, 2.75) is 18.9 Å². The smallest absolute Gasteiger partial charge is 0.150 e. The highest BCUT2D eigenvalue weighted by molar-refractivity contribution is 7.91. The lowest BCUT2D eigenvalue weighted by molar-refractivity contribution is 0.450. The van der Waals surface area contributed by atoms with Crippen LogP contribution in [-0.2, 0) is 23.3 Å². The molecule has 2 N–H and O–H groups in total. The lowest BCUT2D eigenvalue weighted by Gasteiger charge is -2.17. The van der Waals surface area contributed by atoms with Gasteiger partial charge in [0.05, 0.1) is 11.5 Å². The van der Waals surface area contributed by atoms with Crippen LogP contribution < -0.4 is 5.73 Å². The Labute approximate surface area is 95.6 Å². The summed E-state index contributed by atoms with van der Waals surface area (Å²) in [5.41, 5.74) is 6.04. The first kappa shape index (κ1) is 11.6. The molecule has 0 aliphatic carbocycles. The number of aryl methyl sites for hydroxylation is 1. The molecule has 1 aromatic heterocycles. The zero-order chi connectivity index (χ0) is 11.8. The SMILES string of the molecule is Cn1ccnc1CC(N)C1CCS(=O)(=O)C1. The Hall–Kier alpha value is -0.880. The second-order valence-electron chi connectivity index (χ2n) is 4.49. The summed E-state index contributed by atoms with van der Waals surface area (Å²) in [5.74, 6) is 1.52. The van der Waals surface area contributed by atoms with E-state index < -0.39 is 9.84 Å². The topological polar surface area (TPSA) is 78.0 Å². The van der Waals surface area contributed by atoms with E-state index in [9.17, 15) is 8.42 Å². The first-order valence-electron chi connectivity index (χ1n) is 5.40. The first-order chi connectivity index (χ1) is 7.48. The Morgan fingerprint density at radius 2 is 2.44 bits per heavy atom. The van der Waals surface area contributed by atoms with Crippen molar-refractivity contribution in [2.24, 2.45) is 18.7 Å². The maximum atomic E-state index is 11.3. The van der Waals surface area contributed by atoms with Crippen molar-refractivity contribution < 1.29 is 8.42 Å². The van der Waals surface area contributed by atoms with Crippen molar-refractivity contribution in [3.05, 3.63) is 18.2 Å². The molecule has 1 fully saturated rings. The van der Waals surface area contributed by atoms with Gasteiger partial charge in [0.15, 0.2) is 9.84 Å². The average molecular weight is 243 g/mol. The highest BCUT2D eigenvalue weighted by Crippen LogP contribution is 2.22. The van der Waals surface area contributed by atoms with Crippen LogP contribution in [0.2, 0.25) is 0 Å². The molecule has 1 aromatic rings. The van der Waals surface area contributed by atoms with E-state index in [1.165, 1.54) is 0 Å². The van der Waals surface area contributed by atoms with Gasteiger partial charge in [0.1, 0.15) is 5.82 Å². The van der Waals surface area contributed by atoms with E-state index in [1.54, 1.807) is 6.20 Å². The van der Waals surface area contributed by atoms with E-state index in [0.717, 1.165) is 5.82 Å². The van der Waals surface area contributed by atoms with E-state index in [1.807, 2.05) is 17.8 Å². The minimum atomic E-state index is -2.84. The first-order valence-corrected chi connectivity index (χ1v) is 7.22. The van der Waals surface area contributed by atoms with Crippen molar-refractivity contribution in [1.82, 2.24) is 9.55 Å². The van der Waals surface area contributed by atoms with E-state index >= 15 is 0 Å². The molecule has 2 heterocycles. The van der Waals surface area contributed by atoms with Crippen molar-refractivity contribution in [2.75, 3.05) is 11.5 Å². The van der Waals surface area contributed by atoms with Gasteiger partial charge in [0.2, 0.25) is 0 Å². The Morgan fingerprint density at radius 3 is 2.94 bits per heavy atom. The molecule has 0 bridgehead atoms. The number of hydrogen-bond donors (Lipinski definition) is 1. The number of rotatable bonds is 3. The normalized spacial score (nSPS) is 25.8. The van der Waals surface area contributed by atoms with Crippen molar-refractivity contribution in [3.63, 3.8) is 0 Å². The summed E-state index contributed by atoms with van der Waals surface area (Å²) in [6, 6.07) is -0.113. The summed E-state index contributed by atoms with van der Waals surface area (Å²) in [6.07, 6.45) is 4.93. The van der Waals surface area contributed by atoms with Gasteiger partial charge in [-0.05, 0) is 12.3 Å².